The van der Waals surface area contributed by atoms with Crippen molar-refractivity contribution in [2.45, 2.75) is 30.6 Å². The van der Waals surface area contributed by atoms with E-state index < -0.39 is 16.7 Å². The Labute approximate surface area is 150 Å². The highest BCUT2D eigenvalue weighted by Crippen LogP contribution is 2.18. The van der Waals surface area contributed by atoms with Gasteiger partial charge < -0.3 is 15.0 Å². The van der Waals surface area contributed by atoms with Crippen LogP contribution in [0.4, 0.5) is 0 Å². The summed E-state index contributed by atoms with van der Waals surface area (Å²) in [5.41, 5.74) is 0.456. The summed E-state index contributed by atoms with van der Waals surface area (Å²) >= 11 is 11.0. The number of hydrogen-bond acceptors (Lipinski definition) is 4. The van der Waals surface area contributed by atoms with Crippen molar-refractivity contribution < 1.29 is 19.1 Å². The van der Waals surface area contributed by atoms with Gasteiger partial charge in [-0.15, -0.1) is 0 Å². The second-order valence-electron chi connectivity index (χ2n) is 5.50. The number of likely N-dealkylation sites (tertiary alicyclic amines) is 1. The molecule has 8 heteroatoms. The van der Waals surface area contributed by atoms with E-state index >= 15 is 0 Å². The molecule has 0 spiro atoms. The van der Waals surface area contributed by atoms with Gasteiger partial charge in [-0.05, 0) is 31.0 Å². The van der Waals surface area contributed by atoms with Crippen molar-refractivity contribution in [3.63, 3.8) is 0 Å². The summed E-state index contributed by atoms with van der Waals surface area (Å²) in [6.07, 6.45) is 1.25. The van der Waals surface area contributed by atoms with Gasteiger partial charge in [0.25, 0.3) is 11.8 Å². The summed E-state index contributed by atoms with van der Waals surface area (Å²) in [6.45, 7) is 2.33. The fourth-order valence-corrected chi connectivity index (χ4v) is 2.66. The first-order valence-electron chi connectivity index (χ1n) is 7.53. The van der Waals surface area contributed by atoms with Gasteiger partial charge in [0, 0.05) is 31.6 Å². The number of esters is 1. The lowest BCUT2D eigenvalue weighted by Crippen LogP contribution is -2.47. The van der Waals surface area contributed by atoms with E-state index in [2.05, 4.69) is 5.32 Å². The summed E-state index contributed by atoms with van der Waals surface area (Å²) in [5, 5.41) is 2.75. The molecule has 1 saturated heterocycles. The van der Waals surface area contributed by atoms with Crippen LogP contribution in [0.2, 0.25) is 0 Å². The molecule has 1 aliphatic heterocycles. The summed E-state index contributed by atoms with van der Waals surface area (Å²) in [6, 6.07) is 6.46. The molecule has 1 heterocycles. The summed E-state index contributed by atoms with van der Waals surface area (Å²) in [7, 11) is 0. The molecule has 0 unspecified atom stereocenters. The first kappa shape index (κ1) is 18.5. The minimum absolute atomic E-state index is 0.0473. The maximum Gasteiger partial charge on any atom is 0.308 e. The largest absolute Gasteiger partial charge is 0.427 e. The maximum atomic E-state index is 12.5. The Balaban J connectivity index is 1.93. The van der Waals surface area contributed by atoms with Crippen LogP contribution in [-0.2, 0) is 9.59 Å². The standard InChI is InChI=1S/C16H18Cl2N2O4/c1-10(21)24-13-4-2-3-11(9-13)16(23)20-7-5-12(6-8-20)19-15(22)14(17)18/h2-4,9,12,14H,5-8H2,1H3,(H,19,22). The number of rotatable bonds is 4. The van der Waals surface area contributed by atoms with Crippen LogP contribution in [0.1, 0.15) is 30.1 Å². The number of halogens is 2. The quantitative estimate of drug-likeness (QED) is 0.499. The molecule has 1 fully saturated rings. The number of hydrogen-bond donors (Lipinski definition) is 1. The average Bonchev–Trinajstić information content (AvgIpc) is 2.54. The monoisotopic (exact) mass is 372 g/mol. The van der Waals surface area contributed by atoms with E-state index in [1.54, 1.807) is 29.2 Å². The van der Waals surface area contributed by atoms with Gasteiger partial charge in [0.05, 0.1) is 0 Å². The van der Waals surface area contributed by atoms with E-state index in [1.807, 2.05) is 0 Å². The Morgan fingerprint density at radius 3 is 2.50 bits per heavy atom. The minimum Gasteiger partial charge on any atom is -0.427 e. The summed E-state index contributed by atoms with van der Waals surface area (Å²) in [5.74, 6) is -0.655. The third-order valence-electron chi connectivity index (χ3n) is 3.67. The molecule has 6 nitrogen and oxygen atoms in total. The number of amides is 2. The van der Waals surface area contributed by atoms with Crippen LogP contribution in [0.5, 0.6) is 5.75 Å². The van der Waals surface area contributed by atoms with Crippen molar-refractivity contribution in [3.8, 4) is 5.75 Å². The third kappa shape index (κ3) is 5.11. The molecule has 1 N–H and O–H groups in total. The second kappa shape index (κ2) is 8.35. The third-order valence-corrected chi connectivity index (χ3v) is 4.07. The smallest absolute Gasteiger partial charge is 0.308 e. The van der Waals surface area contributed by atoms with Gasteiger partial charge in [-0.3, -0.25) is 14.4 Å². The summed E-state index contributed by atoms with van der Waals surface area (Å²) < 4.78 is 4.99. The molecule has 2 amide bonds. The highest BCUT2D eigenvalue weighted by molar-refractivity contribution is 6.53. The summed E-state index contributed by atoms with van der Waals surface area (Å²) in [4.78, 5) is 35.6. The molecular weight excluding hydrogens is 355 g/mol. The van der Waals surface area contributed by atoms with Crippen LogP contribution < -0.4 is 10.1 Å². The highest BCUT2D eigenvalue weighted by atomic mass is 35.5. The number of alkyl halides is 2. The molecule has 0 bridgehead atoms. The lowest BCUT2D eigenvalue weighted by molar-refractivity contribution is -0.131. The maximum absolute atomic E-state index is 12.5. The molecule has 130 valence electrons. The van der Waals surface area contributed by atoms with E-state index in [1.165, 1.54) is 6.92 Å². The molecule has 0 aliphatic carbocycles. The molecule has 0 aromatic heterocycles. The number of nitrogens with one attached hydrogen (secondary N) is 1. The molecule has 2 rings (SSSR count). The van der Waals surface area contributed by atoms with Gasteiger partial charge in [-0.25, -0.2) is 0 Å². The molecule has 1 aliphatic rings. The highest BCUT2D eigenvalue weighted by Gasteiger charge is 2.26. The van der Waals surface area contributed by atoms with Crippen molar-refractivity contribution in [3.05, 3.63) is 29.8 Å². The minimum atomic E-state index is -1.09. The van der Waals surface area contributed by atoms with Crippen LogP contribution >= 0.6 is 23.2 Å². The van der Waals surface area contributed by atoms with Gasteiger partial charge >= 0.3 is 5.97 Å². The van der Waals surface area contributed by atoms with Crippen LogP contribution in [0.3, 0.4) is 0 Å². The second-order valence-corrected chi connectivity index (χ2v) is 6.59. The van der Waals surface area contributed by atoms with Gasteiger partial charge in [0.15, 0.2) is 4.84 Å². The Morgan fingerprint density at radius 2 is 1.92 bits per heavy atom. The van der Waals surface area contributed by atoms with Crippen molar-refractivity contribution >= 4 is 41.0 Å². The fourth-order valence-electron chi connectivity index (χ4n) is 2.53. The lowest BCUT2D eigenvalue weighted by atomic mass is 10.0. The lowest BCUT2D eigenvalue weighted by Gasteiger charge is -2.32. The number of carbonyl (C=O) groups excluding carboxylic acids is 3. The molecule has 0 atom stereocenters. The Morgan fingerprint density at radius 1 is 1.25 bits per heavy atom. The molecular formula is C16H18Cl2N2O4. The predicted molar refractivity (Wildman–Crippen MR) is 90.3 cm³/mol. The van der Waals surface area contributed by atoms with Crippen LogP contribution in [-0.4, -0.2) is 46.7 Å². The van der Waals surface area contributed by atoms with Gasteiger partial charge in [0.1, 0.15) is 5.75 Å². The number of carbonyl (C=O) groups is 3. The molecule has 1 aromatic carbocycles. The zero-order valence-corrected chi connectivity index (χ0v) is 14.6. The zero-order chi connectivity index (χ0) is 17.7. The van der Waals surface area contributed by atoms with Crippen LogP contribution in [0.15, 0.2) is 24.3 Å². The van der Waals surface area contributed by atoms with Crippen molar-refractivity contribution in [2.24, 2.45) is 0 Å². The van der Waals surface area contributed by atoms with Crippen molar-refractivity contribution in [2.75, 3.05) is 13.1 Å². The first-order chi connectivity index (χ1) is 11.4. The molecule has 0 radical (unpaired) electrons. The van der Waals surface area contributed by atoms with Crippen molar-refractivity contribution in [1.82, 2.24) is 10.2 Å². The SMILES string of the molecule is CC(=O)Oc1cccc(C(=O)N2CCC(NC(=O)C(Cl)Cl)CC2)c1. The van der Waals surface area contributed by atoms with Crippen LogP contribution in [0, 0.1) is 0 Å². The molecule has 0 saturated carbocycles. The fraction of sp³-hybridized carbons (Fsp3) is 0.438. The molecule has 1 aromatic rings. The molecule has 24 heavy (non-hydrogen) atoms. The number of piperidine rings is 1. The Bertz CT molecular complexity index is 628. The van der Waals surface area contributed by atoms with E-state index in [4.69, 9.17) is 27.9 Å². The number of benzene rings is 1. The van der Waals surface area contributed by atoms with E-state index in [0.29, 0.717) is 37.2 Å². The Hall–Kier alpha value is -1.79. The Kier molecular flexibility index (Phi) is 6.45. The number of ether oxygens (including phenoxy) is 1. The zero-order valence-electron chi connectivity index (χ0n) is 13.1. The van der Waals surface area contributed by atoms with E-state index in [-0.39, 0.29) is 11.9 Å². The van der Waals surface area contributed by atoms with Gasteiger partial charge in [0.2, 0.25) is 0 Å². The first-order valence-corrected chi connectivity index (χ1v) is 8.40. The average molecular weight is 373 g/mol. The number of nitrogens with zero attached hydrogens (tertiary/aromatic N) is 1. The van der Waals surface area contributed by atoms with Crippen molar-refractivity contribution in [1.29, 1.82) is 0 Å². The van der Waals surface area contributed by atoms with Crippen LogP contribution in [0.25, 0.3) is 0 Å². The predicted octanol–water partition coefficient (Wildman–Crippen LogP) is 2.14. The van der Waals surface area contributed by atoms with Gasteiger partial charge in [-0.2, -0.15) is 0 Å². The normalized spacial score (nSPS) is 15.2. The van der Waals surface area contributed by atoms with E-state index in [0.717, 1.165) is 0 Å². The topological polar surface area (TPSA) is 75.7 Å². The van der Waals surface area contributed by atoms with Gasteiger partial charge in [-0.1, -0.05) is 29.3 Å². The van der Waals surface area contributed by atoms with E-state index in [9.17, 15) is 14.4 Å².